The summed E-state index contributed by atoms with van der Waals surface area (Å²) in [6, 6.07) is 7.40. The number of hydrogen-bond acceptors (Lipinski definition) is 6. The molecule has 3 N–H and O–H groups in total. The van der Waals surface area contributed by atoms with Crippen molar-refractivity contribution in [3.63, 3.8) is 0 Å². The number of anilines is 1. The number of methoxy groups -OCH3 is 1. The average Bonchev–Trinajstić information content (AvgIpc) is 2.81. The summed E-state index contributed by atoms with van der Waals surface area (Å²) in [6.07, 6.45) is 0. The van der Waals surface area contributed by atoms with Crippen LogP contribution in [0.25, 0.3) is 11.1 Å². The van der Waals surface area contributed by atoms with E-state index in [0.717, 1.165) is 0 Å². The lowest BCUT2D eigenvalue weighted by Crippen LogP contribution is -2.16. The Morgan fingerprint density at radius 2 is 1.55 bits per heavy atom. The van der Waals surface area contributed by atoms with E-state index in [0.29, 0.717) is 0 Å². The summed E-state index contributed by atoms with van der Waals surface area (Å²) in [5, 5.41) is 18.8. The molecule has 0 amide bonds. The van der Waals surface area contributed by atoms with Gasteiger partial charge in [0, 0.05) is 11.1 Å². The van der Waals surface area contributed by atoms with Gasteiger partial charge in [-0.25, -0.2) is 13.2 Å². The first-order chi connectivity index (χ1) is 15.7. The molecule has 2 aromatic carbocycles. The van der Waals surface area contributed by atoms with E-state index in [1.54, 1.807) is 12.1 Å². The number of nitriles is 2. The van der Waals surface area contributed by atoms with Crippen LogP contribution >= 0.6 is 0 Å². The van der Waals surface area contributed by atoms with Gasteiger partial charge >= 0.3 is 0 Å². The molecule has 0 aliphatic carbocycles. The van der Waals surface area contributed by atoms with Crippen molar-refractivity contribution in [1.29, 1.82) is 10.5 Å². The van der Waals surface area contributed by atoms with Gasteiger partial charge in [-0.1, -0.05) is 6.07 Å². The molecule has 3 aromatic rings. The number of pyridine rings is 1. The van der Waals surface area contributed by atoms with Crippen LogP contribution in [-0.4, -0.2) is 12.1 Å². The molecule has 168 valence electrons. The van der Waals surface area contributed by atoms with E-state index in [2.05, 4.69) is 4.98 Å². The van der Waals surface area contributed by atoms with Crippen molar-refractivity contribution in [1.82, 2.24) is 4.98 Å². The monoisotopic (exact) mass is 462 g/mol. The second kappa shape index (κ2) is 8.88. The Kier molecular flexibility index (Phi) is 6.22. The topological polar surface area (TPSA) is 125 Å². The van der Waals surface area contributed by atoms with E-state index >= 15 is 0 Å². The first-order valence-electron chi connectivity index (χ1n) is 8.83. The molecule has 0 saturated carbocycles. The van der Waals surface area contributed by atoms with Gasteiger partial charge < -0.3 is 20.2 Å². The number of ether oxygens (including phenoxy) is 2. The third-order valence-corrected chi connectivity index (χ3v) is 4.58. The predicted octanol–water partition coefficient (Wildman–Crippen LogP) is 3.65. The average molecular weight is 462 g/mol. The summed E-state index contributed by atoms with van der Waals surface area (Å²) in [5.41, 5.74) is 4.18. The number of hydrogen-bond donors (Lipinski definition) is 2. The van der Waals surface area contributed by atoms with Crippen LogP contribution in [0.4, 0.5) is 27.8 Å². The molecule has 0 bridgehead atoms. The third-order valence-electron chi connectivity index (χ3n) is 4.58. The Morgan fingerprint density at radius 3 is 2.09 bits per heavy atom. The largest absolute Gasteiger partial charge is 0.496 e. The number of aromatic amines is 1. The molecular weight excluding hydrogens is 451 g/mol. The lowest BCUT2D eigenvalue weighted by molar-refractivity contribution is 0.249. The molecule has 33 heavy (non-hydrogen) atoms. The van der Waals surface area contributed by atoms with Gasteiger partial charge in [-0.2, -0.15) is 19.3 Å². The molecule has 12 heteroatoms. The summed E-state index contributed by atoms with van der Waals surface area (Å²) in [6.45, 7) is -0.738. The predicted molar refractivity (Wildman–Crippen MR) is 103 cm³/mol. The molecule has 0 aliphatic rings. The fourth-order valence-corrected chi connectivity index (χ4v) is 3.04. The van der Waals surface area contributed by atoms with Gasteiger partial charge in [-0.15, -0.1) is 0 Å². The van der Waals surface area contributed by atoms with Crippen molar-refractivity contribution in [2.75, 3.05) is 12.8 Å². The quantitative estimate of drug-likeness (QED) is 0.339. The first kappa shape index (κ1) is 23.1. The van der Waals surface area contributed by atoms with Crippen LogP contribution in [-0.2, 0) is 6.61 Å². The minimum Gasteiger partial charge on any atom is -0.496 e. The van der Waals surface area contributed by atoms with Crippen LogP contribution in [0.5, 0.6) is 11.5 Å². The fourth-order valence-electron chi connectivity index (χ4n) is 3.04. The second-order valence-electron chi connectivity index (χ2n) is 6.43. The summed E-state index contributed by atoms with van der Waals surface area (Å²) in [4.78, 5) is 14.3. The summed E-state index contributed by atoms with van der Waals surface area (Å²) < 4.78 is 77.9. The molecule has 3 rings (SSSR count). The number of rotatable bonds is 5. The number of nitrogens with one attached hydrogen (secondary N) is 1. The van der Waals surface area contributed by atoms with Gasteiger partial charge in [0.15, 0.2) is 5.75 Å². The maximum atomic E-state index is 13.9. The Bertz CT molecular complexity index is 1390. The molecule has 1 heterocycles. The van der Waals surface area contributed by atoms with Gasteiger partial charge in [0.05, 0.1) is 7.11 Å². The molecule has 0 aliphatic heterocycles. The van der Waals surface area contributed by atoms with Crippen molar-refractivity contribution in [3.8, 4) is 34.8 Å². The zero-order valence-corrected chi connectivity index (χ0v) is 16.5. The maximum absolute atomic E-state index is 13.9. The fraction of sp³-hybridized carbons (Fsp3) is 0.0952. The minimum atomic E-state index is -2.34. The third kappa shape index (κ3) is 3.90. The second-order valence-corrected chi connectivity index (χ2v) is 6.43. The zero-order chi connectivity index (χ0) is 24.4. The lowest BCUT2D eigenvalue weighted by Gasteiger charge is -2.15. The number of H-pyrrole nitrogens is 1. The van der Waals surface area contributed by atoms with E-state index in [1.165, 1.54) is 25.3 Å². The Morgan fingerprint density at radius 1 is 0.970 bits per heavy atom. The Labute approximate surface area is 182 Å². The Balaban J connectivity index is 2.14. The molecule has 0 spiro atoms. The number of nitrogen functional groups attached to an aromatic ring is 1. The summed E-state index contributed by atoms with van der Waals surface area (Å²) in [7, 11) is 1.24. The van der Waals surface area contributed by atoms with E-state index < -0.39 is 52.6 Å². The van der Waals surface area contributed by atoms with Crippen molar-refractivity contribution < 1.29 is 31.4 Å². The van der Waals surface area contributed by atoms with Crippen LogP contribution in [0.15, 0.2) is 23.0 Å². The highest BCUT2D eigenvalue weighted by atomic mass is 19.2. The highest BCUT2D eigenvalue weighted by Gasteiger charge is 2.27. The van der Waals surface area contributed by atoms with Crippen LogP contribution in [0.2, 0.25) is 0 Å². The van der Waals surface area contributed by atoms with E-state index in [1.807, 2.05) is 0 Å². The molecule has 1 aromatic heterocycles. The molecule has 0 saturated heterocycles. The van der Waals surface area contributed by atoms with Crippen molar-refractivity contribution in [2.45, 2.75) is 6.61 Å². The van der Waals surface area contributed by atoms with E-state index in [-0.39, 0.29) is 33.8 Å². The van der Waals surface area contributed by atoms with Crippen molar-refractivity contribution >= 4 is 5.82 Å². The number of halogens is 5. The van der Waals surface area contributed by atoms with Crippen LogP contribution in [0, 0.1) is 51.7 Å². The molecule has 0 fully saturated rings. The first-order valence-corrected chi connectivity index (χ1v) is 8.83. The highest BCUT2D eigenvalue weighted by Crippen LogP contribution is 2.34. The van der Waals surface area contributed by atoms with Gasteiger partial charge in [-0.3, -0.25) is 4.79 Å². The van der Waals surface area contributed by atoms with Gasteiger partial charge in [0.2, 0.25) is 29.1 Å². The minimum absolute atomic E-state index is 0.0329. The summed E-state index contributed by atoms with van der Waals surface area (Å²) >= 11 is 0. The van der Waals surface area contributed by atoms with Crippen LogP contribution in [0.3, 0.4) is 0 Å². The van der Waals surface area contributed by atoms with E-state index in [9.17, 15) is 37.3 Å². The number of nitrogens with zero attached hydrogens (tertiary/aromatic N) is 2. The van der Waals surface area contributed by atoms with Crippen molar-refractivity contribution in [3.05, 3.63) is 74.3 Å². The summed E-state index contributed by atoms with van der Waals surface area (Å²) in [5.74, 6) is -12.7. The molecular formula is C21H11F5N4O3. The SMILES string of the molecule is COc1ccc(-c2c(C#N)c(N)[nH]c(=O)c2C#N)cc1COc1c(F)c(F)c(F)c(F)c1F. The zero-order valence-electron chi connectivity index (χ0n) is 16.5. The smallest absolute Gasteiger partial charge is 0.268 e. The van der Waals surface area contributed by atoms with E-state index in [4.69, 9.17) is 15.2 Å². The molecule has 0 radical (unpaired) electrons. The lowest BCUT2D eigenvalue weighted by atomic mass is 9.95. The van der Waals surface area contributed by atoms with Gasteiger partial charge in [0.1, 0.15) is 41.4 Å². The maximum Gasteiger partial charge on any atom is 0.268 e. The van der Waals surface area contributed by atoms with Crippen molar-refractivity contribution in [2.24, 2.45) is 0 Å². The number of aromatic nitrogens is 1. The van der Waals surface area contributed by atoms with Gasteiger partial charge in [0.25, 0.3) is 5.56 Å². The molecule has 7 nitrogen and oxygen atoms in total. The highest BCUT2D eigenvalue weighted by molar-refractivity contribution is 5.80. The van der Waals surface area contributed by atoms with Gasteiger partial charge in [-0.05, 0) is 17.7 Å². The molecule has 0 unspecified atom stereocenters. The van der Waals surface area contributed by atoms with Crippen LogP contribution in [0.1, 0.15) is 16.7 Å². The Hall–Kier alpha value is -4.58. The van der Waals surface area contributed by atoms with Crippen LogP contribution < -0.4 is 20.8 Å². The normalized spacial score (nSPS) is 10.4. The molecule has 0 atom stereocenters. The number of nitrogens with two attached hydrogens (primary N) is 1. The number of benzene rings is 2. The standard InChI is InChI=1S/C21H11F5N4O3/c1-32-12-3-2-8(13-10(5-27)20(29)30-21(31)11(13)6-28)4-9(12)7-33-19-17(25)15(23)14(22)16(24)18(19)26/h2-4H,7H2,1H3,(H3,29,30,31).